The number of hydrogen-bond donors (Lipinski definition) is 1. The van der Waals surface area contributed by atoms with Gasteiger partial charge in [-0.05, 0) is 38.0 Å². The number of ketones is 1. The van der Waals surface area contributed by atoms with Crippen molar-refractivity contribution in [2.45, 2.75) is 39.3 Å². The minimum absolute atomic E-state index is 0.104. The summed E-state index contributed by atoms with van der Waals surface area (Å²) in [4.78, 5) is 29.9. The third-order valence-electron chi connectivity index (χ3n) is 5.11. The van der Waals surface area contributed by atoms with Crippen LogP contribution in [0.1, 0.15) is 35.0 Å². The summed E-state index contributed by atoms with van der Waals surface area (Å²) in [5.41, 5.74) is 3.09. The number of Topliss-reactive ketones (excluding diaryl/α,β-unsaturated/α-hetero) is 1. The fourth-order valence-electron chi connectivity index (χ4n) is 3.70. The zero-order valence-corrected chi connectivity index (χ0v) is 17.9. The lowest BCUT2D eigenvalue weighted by Crippen LogP contribution is -2.35. The Bertz CT molecular complexity index is 981. The second kappa shape index (κ2) is 9.07. The van der Waals surface area contributed by atoms with Gasteiger partial charge in [-0.15, -0.1) is 0 Å². The van der Waals surface area contributed by atoms with E-state index in [1.807, 2.05) is 13.0 Å². The van der Waals surface area contributed by atoms with Crippen molar-refractivity contribution in [1.29, 1.82) is 0 Å². The molecular formula is C21H26ClN3O4. The van der Waals surface area contributed by atoms with Crippen molar-refractivity contribution in [1.82, 2.24) is 9.55 Å². The molecule has 29 heavy (non-hydrogen) atoms. The molecule has 1 heterocycles. The topological polar surface area (TPSA) is 82.5 Å². The number of nitrogens with zero attached hydrogens (tertiary/aromatic N) is 2. The summed E-state index contributed by atoms with van der Waals surface area (Å²) in [5.74, 6) is 0.607. The highest BCUT2D eigenvalue weighted by molar-refractivity contribution is 6.33. The van der Waals surface area contributed by atoms with Crippen LogP contribution in [0.4, 0.5) is 5.69 Å². The number of methoxy groups -OCH3 is 2. The summed E-state index contributed by atoms with van der Waals surface area (Å²) in [5, 5.41) is 3.63. The van der Waals surface area contributed by atoms with Gasteiger partial charge in [-0.1, -0.05) is 11.6 Å². The Balaban J connectivity index is 2.09. The summed E-state index contributed by atoms with van der Waals surface area (Å²) in [6.07, 6.45) is 1.18. The maximum Gasteiger partial charge on any atom is 0.277 e. The highest BCUT2D eigenvalue weighted by Crippen LogP contribution is 2.34. The maximum absolute atomic E-state index is 13.2. The van der Waals surface area contributed by atoms with Crippen LogP contribution < -0.4 is 10.9 Å². The van der Waals surface area contributed by atoms with E-state index in [9.17, 15) is 9.59 Å². The first-order chi connectivity index (χ1) is 13.9. The zero-order chi connectivity index (χ0) is 21.1. The quantitative estimate of drug-likeness (QED) is 0.708. The van der Waals surface area contributed by atoms with Crippen LogP contribution in [0.15, 0.2) is 16.9 Å². The van der Waals surface area contributed by atoms with E-state index in [-0.39, 0.29) is 17.4 Å². The van der Waals surface area contributed by atoms with E-state index in [0.717, 1.165) is 5.56 Å². The highest BCUT2D eigenvalue weighted by atomic mass is 35.5. The molecule has 1 aromatic carbocycles. The molecule has 0 saturated heterocycles. The van der Waals surface area contributed by atoms with Gasteiger partial charge in [0.25, 0.3) is 5.56 Å². The van der Waals surface area contributed by atoms with Crippen LogP contribution in [0.2, 0.25) is 5.02 Å². The number of halogens is 1. The molecule has 0 amide bonds. The van der Waals surface area contributed by atoms with Crippen molar-refractivity contribution >= 4 is 23.1 Å². The number of hydrogen-bond acceptors (Lipinski definition) is 6. The fourth-order valence-corrected chi connectivity index (χ4v) is 3.95. The van der Waals surface area contributed by atoms with Gasteiger partial charge in [0.1, 0.15) is 11.5 Å². The van der Waals surface area contributed by atoms with Gasteiger partial charge in [0.05, 0.1) is 30.0 Å². The number of carbonyl (C=O) groups excluding carboxylic acids is 1. The Labute approximate surface area is 175 Å². The normalized spacial score (nSPS) is 13.2. The van der Waals surface area contributed by atoms with Crippen molar-refractivity contribution in [3.63, 3.8) is 0 Å². The molecule has 7 nitrogen and oxygen atoms in total. The monoisotopic (exact) mass is 419 g/mol. The number of rotatable bonds is 8. The molecule has 0 atom stereocenters. The van der Waals surface area contributed by atoms with Crippen LogP contribution in [-0.4, -0.2) is 48.8 Å². The van der Waals surface area contributed by atoms with Crippen LogP contribution in [0, 0.1) is 6.92 Å². The molecule has 1 aromatic heterocycles. The minimum Gasteiger partial charge on any atom is -0.382 e. The first kappa shape index (κ1) is 21.5. The third-order valence-corrected chi connectivity index (χ3v) is 5.42. The molecule has 0 saturated carbocycles. The first-order valence-electron chi connectivity index (χ1n) is 9.63. The number of anilines is 1. The molecular weight excluding hydrogens is 394 g/mol. The van der Waals surface area contributed by atoms with Crippen LogP contribution in [0.3, 0.4) is 0 Å². The SMILES string of the molecule is CCn1c(-c2cc3c(cc2Cl)C(=O)CC3)nc(C)c(NC(COC)COC)c1=O. The molecule has 0 spiro atoms. The van der Waals surface area contributed by atoms with Gasteiger partial charge in [0.15, 0.2) is 5.78 Å². The Hall–Kier alpha value is -2.22. The maximum atomic E-state index is 13.2. The highest BCUT2D eigenvalue weighted by Gasteiger charge is 2.24. The van der Waals surface area contributed by atoms with Crippen molar-refractivity contribution in [3.05, 3.63) is 44.3 Å². The Morgan fingerprint density at radius 1 is 1.17 bits per heavy atom. The largest absolute Gasteiger partial charge is 0.382 e. The lowest BCUT2D eigenvalue weighted by Gasteiger charge is -2.21. The molecule has 156 valence electrons. The number of nitrogens with one attached hydrogen (secondary N) is 1. The predicted molar refractivity (Wildman–Crippen MR) is 113 cm³/mol. The number of fused-ring (bicyclic) bond motifs is 1. The third kappa shape index (κ3) is 4.22. The summed E-state index contributed by atoms with van der Waals surface area (Å²) < 4.78 is 12.0. The van der Waals surface area contributed by atoms with Crippen molar-refractivity contribution in [2.24, 2.45) is 0 Å². The molecule has 1 aliphatic rings. The molecule has 1 aliphatic carbocycles. The molecule has 1 N–H and O–H groups in total. The van der Waals surface area contributed by atoms with Gasteiger partial charge >= 0.3 is 0 Å². The molecule has 0 aliphatic heterocycles. The number of ether oxygens (including phenoxy) is 2. The zero-order valence-electron chi connectivity index (χ0n) is 17.2. The van der Waals surface area contributed by atoms with Crippen LogP contribution in [0.25, 0.3) is 11.4 Å². The second-order valence-corrected chi connectivity index (χ2v) is 7.52. The molecule has 0 unspecified atom stereocenters. The minimum atomic E-state index is -0.181. The van der Waals surface area contributed by atoms with E-state index >= 15 is 0 Å². The average Bonchev–Trinajstić information content (AvgIpc) is 3.04. The summed E-state index contributed by atoms with van der Waals surface area (Å²) in [6, 6.07) is 3.41. The van der Waals surface area contributed by atoms with Gasteiger partial charge in [0, 0.05) is 38.3 Å². The summed E-state index contributed by atoms with van der Waals surface area (Å²) in [7, 11) is 3.20. The van der Waals surface area contributed by atoms with Gasteiger partial charge in [-0.25, -0.2) is 4.98 Å². The van der Waals surface area contributed by atoms with Crippen molar-refractivity contribution in [2.75, 3.05) is 32.8 Å². The van der Waals surface area contributed by atoms with Gasteiger partial charge < -0.3 is 14.8 Å². The molecule has 2 aromatic rings. The number of aryl methyl sites for hydroxylation is 2. The van der Waals surface area contributed by atoms with E-state index in [1.54, 1.807) is 31.8 Å². The van der Waals surface area contributed by atoms with Crippen LogP contribution in [-0.2, 0) is 22.4 Å². The van der Waals surface area contributed by atoms with E-state index in [2.05, 4.69) is 5.32 Å². The standard InChI is InChI=1S/C21H26ClN3O4/c1-5-25-20(16-8-13-6-7-18(26)15(13)9-17(16)22)23-12(2)19(21(25)27)24-14(10-28-3)11-29-4/h8-9,14,24H,5-7,10-11H2,1-4H3. The summed E-state index contributed by atoms with van der Waals surface area (Å²) >= 11 is 6.49. The lowest BCUT2D eigenvalue weighted by atomic mass is 10.0. The lowest BCUT2D eigenvalue weighted by molar-refractivity contribution is 0.0994. The van der Waals surface area contributed by atoms with Gasteiger partial charge in [-0.3, -0.25) is 14.2 Å². The predicted octanol–water partition coefficient (Wildman–Crippen LogP) is 3.09. The van der Waals surface area contributed by atoms with E-state index in [4.69, 9.17) is 26.1 Å². The molecule has 3 rings (SSSR count). The second-order valence-electron chi connectivity index (χ2n) is 7.11. The van der Waals surface area contributed by atoms with E-state index < -0.39 is 0 Å². The Morgan fingerprint density at radius 3 is 2.48 bits per heavy atom. The van der Waals surface area contributed by atoms with Crippen molar-refractivity contribution < 1.29 is 14.3 Å². The molecule has 8 heteroatoms. The van der Waals surface area contributed by atoms with Crippen LogP contribution in [0.5, 0.6) is 0 Å². The first-order valence-corrected chi connectivity index (χ1v) is 10.0. The molecule has 0 radical (unpaired) electrons. The van der Waals surface area contributed by atoms with Crippen LogP contribution >= 0.6 is 11.6 Å². The van der Waals surface area contributed by atoms with Crippen molar-refractivity contribution in [3.8, 4) is 11.4 Å². The summed E-state index contributed by atoms with van der Waals surface area (Å²) in [6.45, 7) is 4.89. The number of aromatic nitrogens is 2. The smallest absolute Gasteiger partial charge is 0.277 e. The van der Waals surface area contributed by atoms with E-state index in [1.165, 1.54) is 0 Å². The Morgan fingerprint density at radius 2 is 1.86 bits per heavy atom. The van der Waals surface area contributed by atoms with Gasteiger partial charge in [0.2, 0.25) is 0 Å². The van der Waals surface area contributed by atoms with E-state index in [0.29, 0.717) is 66.0 Å². The number of benzene rings is 1. The average molecular weight is 420 g/mol. The fraction of sp³-hybridized carbons (Fsp3) is 0.476. The molecule has 0 fully saturated rings. The van der Waals surface area contributed by atoms with Gasteiger partial charge in [-0.2, -0.15) is 0 Å². The molecule has 0 bridgehead atoms. The Kier molecular flexibility index (Phi) is 6.72. The number of carbonyl (C=O) groups is 1.